The van der Waals surface area contributed by atoms with E-state index in [1.807, 2.05) is 31.2 Å². The van der Waals surface area contributed by atoms with Gasteiger partial charge in [-0.2, -0.15) is 0 Å². The van der Waals surface area contributed by atoms with Crippen LogP contribution in [0.1, 0.15) is 47.7 Å². The minimum absolute atomic E-state index is 0.0921. The zero-order valence-electron chi connectivity index (χ0n) is 16.1. The fraction of sp³-hybridized carbons (Fsp3) is 0.455. The molecule has 1 aromatic carbocycles. The summed E-state index contributed by atoms with van der Waals surface area (Å²) < 4.78 is 1.58. The number of benzene rings is 1. The summed E-state index contributed by atoms with van der Waals surface area (Å²) in [6.45, 7) is 4.75. The van der Waals surface area contributed by atoms with Crippen LogP contribution in [0.3, 0.4) is 0 Å². The third kappa shape index (κ3) is 4.30. The van der Waals surface area contributed by atoms with Gasteiger partial charge in [0.2, 0.25) is 0 Å². The van der Waals surface area contributed by atoms with Crippen LogP contribution in [0.15, 0.2) is 47.4 Å². The molecule has 1 aliphatic carbocycles. The number of nitrogens with zero attached hydrogens (tertiary/aromatic N) is 2. The number of carbonyl (C=O) groups excluding carboxylic acids is 1. The molecular weight excluding hydrogens is 340 g/mol. The fourth-order valence-electron chi connectivity index (χ4n) is 4.10. The van der Waals surface area contributed by atoms with E-state index in [0.29, 0.717) is 12.5 Å². The number of hydrogen-bond acceptors (Lipinski definition) is 3. The Morgan fingerprint density at radius 1 is 1.26 bits per heavy atom. The van der Waals surface area contributed by atoms with E-state index in [-0.39, 0.29) is 36.2 Å². The van der Waals surface area contributed by atoms with Crippen LogP contribution >= 0.6 is 0 Å². The van der Waals surface area contributed by atoms with Gasteiger partial charge < -0.3 is 14.6 Å². The summed E-state index contributed by atoms with van der Waals surface area (Å²) in [6.07, 6.45) is 4.80. The Morgan fingerprint density at radius 2 is 2.07 bits per heavy atom. The van der Waals surface area contributed by atoms with E-state index < -0.39 is 0 Å². The number of aliphatic hydroxyl groups excluding tert-OH is 1. The van der Waals surface area contributed by atoms with Crippen LogP contribution in [-0.2, 0) is 6.54 Å². The van der Waals surface area contributed by atoms with Crippen molar-refractivity contribution in [3.8, 4) is 0 Å². The van der Waals surface area contributed by atoms with Crippen molar-refractivity contribution in [1.82, 2.24) is 9.47 Å². The van der Waals surface area contributed by atoms with Gasteiger partial charge in [-0.1, -0.05) is 43.2 Å². The largest absolute Gasteiger partial charge is 0.395 e. The number of aliphatic hydroxyl groups is 1. The zero-order valence-corrected chi connectivity index (χ0v) is 16.1. The lowest BCUT2D eigenvalue weighted by atomic mass is 10.0. The maximum Gasteiger partial charge on any atom is 0.263 e. The van der Waals surface area contributed by atoms with Crippen molar-refractivity contribution in [2.75, 3.05) is 13.2 Å². The Bertz CT molecular complexity index is 859. The van der Waals surface area contributed by atoms with Crippen LogP contribution in [0.4, 0.5) is 0 Å². The molecule has 2 aromatic rings. The second-order valence-corrected chi connectivity index (χ2v) is 7.54. The minimum Gasteiger partial charge on any atom is -0.395 e. The standard InChI is InChI=1S/C22H28N2O3/c1-16-6-3-8-18(14-16)15-23-11-5-9-19(21(23)26)22(27)24(12-13-25)20-10-4-7-17(20)2/h3,5-6,8-9,11,14,17,20,25H,4,7,10,12-13,15H2,1-2H3/t17-,20+/m1/s1. The van der Waals surface area contributed by atoms with E-state index in [0.717, 1.165) is 30.4 Å². The highest BCUT2D eigenvalue weighted by Crippen LogP contribution is 2.30. The Balaban J connectivity index is 1.89. The normalized spacial score (nSPS) is 19.2. The maximum atomic E-state index is 13.1. The van der Waals surface area contributed by atoms with Crippen LogP contribution in [0.25, 0.3) is 0 Å². The average Bonchev–Trinajstić information content (AvgIpc) is 3.07. The first-order chi connectivity index (χ1) is 13.0. The van der Waals surface area contributed by atoms with E-state index in [2.05, 4.69) is 6.92 Å². The van der Waals surface area contributed by atoms with E-state index in [1.54, 1.807) is 27.8 Å². The van der Waals surface area contributed by atoms with Gasteiger partial charge >= 0.3 is 0 Å². The molecule has 0 saturated heterocycles. The molecule has 27 heavy (non-hydrogen) atoms. The first-order valence-electron chi connectivity index (χ1n) is 9.68. The SMILES string of the molecule is Cc1cccc(Cn2cccc(C(=O)N(CCO)[C@H]3CCC[C@H]3C)c2=O)c1. The summed E-state index contributed by atoms with van der Waals surface area (Å²) in [5, 5.41) is 9.45. The average molecular weight is 368 g/mol. The third-order valence-corrected chi connectivity index (χ3v) is 5.50. The molecule has 3 rings (SSSR count). The van der Waals surface area contributed by atoms with Crippen molar-refractivity contribution in [3.63, 3.8) is 0 Å². The molecule has 5 heteroatoms. The van der Waals surface area contributed by atoms with Crippen LogP contribution in [-0.4, -0.2) is 39.7 Å². The summed E-state index contributed by atoms with van der Waals surface area (Å²) in [5.41, 5.74) is 2.06. The number of carbonyl (C=O) groups is 1. The molecular formula is C22H28N2O3. The number of amides is 1. The van der Waals surface area contributed by atoms with Gasteiger partial charge in [-0.3, -0.25) is 9.59 Å². The molecule has 0 radical (unpaired) electrons. The number of aromatic nitrogens is 1. The molecule has 1 aromatic heterocycles. The van der Waals surface area contributed by atoms with E-state index in [4.69, 9.17) is 0 Å². The van der Waals surface area contributed by atoms with Crippen molar-refractivity contribution in [1.29, 1.82) is 0 Å². The van der Waals surface area contributed by atoms with Gasteiger partial charge in [0.25, 0.3) is 11.5 Å². The lowest BCUT2D eigenvalue weighted by Crippen LogP contribution is -2.45. The number of pyridine rings is 1. The molecule has 0 bridgehead atoms. The molecule has 1 heterocycles. The molecule has 1 saturated carbocycles. The lowest BCUT2D eigenvalue weighted by Gasteiger charge is -2.31. The van der Waals surface area contributed by atoms with Gasteiger partial charge in [-0.05, 0) is 43.4 Å². The second-order valence-electron chi connectivity index (χ2n) is 7.54. The smallest absolute Gasteiger partial charge is 0.263 e. The molecule has 0 spiro atoms. The zero-order chi connectivity index (χ0) is 19.4. The molecule has 0 unspecified atom stereocenters. The van der Waals surface area contributed by atoms with Gasteiger partial charge in [0.05, 0.1) is 13.2 Å². The predicted molar refractivity (Wildman–Crippen MR) is 106 cm³/mol. The molecule has 2 atom stereocenters. The van der Waals surface area contributed by atoms with Crippen molar-refractivity contribution < 1.29 is 9.90 Å². The van der Waals surface area contributed by atoms with Crippen molar-refractivity contribution in [2.24, 2.45) is 5.92 Å². The van der Waals surface area contributed by atoms with Crippen molar-refractivity contribution in [2.45, 2.75) is 45.7 Å². The molecule has 1 aliphatic rings. The third-order valence-electron chi connectivity index (χ3n) is 5.50. The second kappa shape index (κ2) is 8.53. The number of rotatable bonds is 6. The van der Waals surface area contributed by atoms with E-state index in [1.165, 1.54) is 0 Å². The molecule has 1 N–H and O–H groups in total. The Kier molecular flexibility index (Phi) is 6.11. The first kappa shape index (κ1) is 19.4. The highest BCUT2D eigenvalue weighted by Gasteiger charge is 2.33. The molecule has 1 fully saturated rings. The van der Waals surface area contributed by atoms with Gasteiger partial charge in [-0.25, -0.2) is 0 Å². The predicted octanol–water partition coefficient (Wildman–Crippen LogP) is 2.83. The quantitative estimate of drug-likeness (QED) is 0.853. The van der Waals surface area contributed by atoms with Crippen LogP contribution in [0.2, 0.25) is 0 Å². The highest BCUT2D eigenvalue weighted by molar-refractivity contribution is 5.94. The maximum absolute atomic E-state index is 13.1. The van der Waals surface area contributed by atoms with Gasteiger partial charge in [-0.15, -0.1) is 0 Å². The molecule has 0 aliphatic heterocycles. The van der Waals surface area contributed by atoms with Crippen molar-refractivity contribution >= 4 is 5.91 Å². The summed E-state index contributed by atoms with van der Waals surface area (Å²) in [6, 6.07) is 11.4. The topological polar surface area (TPSA) is 62.5 Å². The van der Waals surface area contributed by atoms with E-state index in [9.17, 15) is 14.7 Å². The monoisotopic (exact) mass is 368 g/mol. The van der Waals surface area contributed by atoms with Gasteiger partial charge in [0.1, 0.15) is 5.56 Å². The highest BCUT2D eigenvalue weighted by atomic mass is 16.3. The fourth-order valence-corrected chi connectivity index (χ4v) is 4.10. The summed E-state index contributed by atoms with van der Waals surface area (Å²) in [5.74, 6) is 0.116. The Labute approximate surface area is 160 Å². The summed E-state index contributed by atoms with van der Waals surface area (Å²) in [7, 11) is 0. The van der Waals surface area contributed by atoms with E-state index >= 15 is 0 Å². The minimum atomic E-state index is -0.280. The van der Waals surface area contributed by atoms with Crippen LogP contribution in [0.5, 0.6) is 0 Å². The van der Waals surface area contributed by atoms with Gasteiger partial charge in [0.15, 0.2) is 0 Å². The molecule has 5 nitrogen and oxygen atoms in total. The molecule has 144 valence electrons. The number of aryl methyl sites for hydroxylation is 1. The van der Waals surface area contributed by atoms with Gasteiger partial charge in [0, 0.05) is 18.8 Å². The first-order valence-corrected chi connectivity index (χ1v) is 9.68. The summed E-state index contributed by atoms with van der Waals surface area (Å²) >= 11 is 0. The summed E-state index contributed by atoms with van der Waals surface area (Å²) in [4.78, 5) is 27.8. The Hall–Kier alpha value is -2.40. The van der Waals surface area contributed by atoms with Crippen LogP contribution in [0, 0.1) is 12.8 Å². The van der Waals surface area contributed by atoms with Crippen LogP contribution < -0.4 is 5.56 Å². The van der Waals surface area contributed by atoms with Crippen molar-refractivity contribution in [3.05, 3.63) is 69.6 Å². The number of hydrogen-bond donors (Lipinski definition) is 1. The Morgan fingerprint density at radius 3 is 2.74 bits per heavy atom. The molecule has 1 amide bonds. The lowest BCUT2D eigenvalue weighted by molar-refractivity contribution is 0.0592.